The molecule has 1 atom stereocenters. The van der Waals surface area contributed by atoms with Crippen molar-refractivity contribution in [2.45, 2.75) is 12.5 Å². The predicted molar refractivity (Wildman–Crippen MR) is 77.8 cm³/mol. The van der Waals surface area contributed by atoms with Crippen LogP contribution in [-0.2, 0) is 14.6 Å². The monoisotopic (exact) mass is 324 g/mol. The molecular formula is C11H20N2O5S2. The topological polar surface area (TPSA) is 95.0 Å². The third-order valence-corrected chi connectivity index (χ3v) is 5.02. The third kappa shape index (κ3) is 5.58. The first-order valence-corrected chi connectivity index (χ1v) is 9.41. The van der Waals surface area contributed by atoms with E-state index in [1.807, 2.05) is 0 Å². The molecule has 0 radical (unpaired) electrons. The Bertz CT molecular complexity index is 465. The Balaban J connectivity index is 2.64. The summed E-state index contributed by atoms with van der Waals surface area (Å²) in [5, 5.41) is 8.87. The van der Waals surface area contributed by atoms with Gasteiger partial charge in [-0.3, -0.25) is 4.79 Å². The maximum atomic E-state index is 12.3. The van der Waals surface area contributed by atoms with Gasteiger partial charge in [0.05, 0.1) is 18.2 Å². The summed E-state index contributed by atoms with van der Waals surface area (Å²) in [4.78, 5) is 26.0. The molecule has 1 aliphatic rings. The van der Waals surface area contributed by atoms with Crippen LogP contribution in [0.2, 0.25) is 0 Å². The molecule has 7 nitrogen and oxygen atoms in total. The van der Waals surface area contributed by atoms with E-state index in [2.05, 4.69) is 0 Å². The minimum Gasteiger partial charge on any atom is -0.481 e. The van der Waals surface area contributed by atoms with E-state index in [-0.39, 0.29) is 30.8 Å². The lowest BCUT2D eigenvalue weighted by Crippen LogP contribution is -2.52. The zero-order valence-electron chi connectivity index (χ0n) is 11.6. The number of hydrogen-bond acceptors (Lipinski definition) is 5. The highest BCUT2D eigenvalue weighted by Crippen LogP contribution is 2.20. The van der Waals surface area contributed by atoms with Crippen LogP contribution < -0.4 is 0 Å². The van der Waals surface area contributed by atoms with Crippen molar-refractivity contribution in [3.05, 3.63) is 0 Å². The quantitative estimate of drug-likeness (QED) is 0.763. The van der Waals surface area contributed by atoms with Gasteiger partial charge in [0.2, 0.25) is 0 Å². The van der Waals surface area contributed by atoms with Crippen molar-refractivity contribution in [2.24, 2.45) is 0 Å². The molecule has 0 aromatic carbocycles. The minimum atomic E-state index is -3.13. The lowest BCUT2D eigenvalue weighted by molar-refractivity contribution is -0.138. The molecule has 1 heterocycles. The Hall–Kier alpha value is -0.960. The van der Waals surface area contributed by atoms with Gasteiger partial charge in [-0.05, 0) is 0 Å². The van der Waals surface area contributed by atoms with Crippen LogP contribution in [0.1, 0.15) is 6.42 Å². The zero-order valence-corrected chi connectivity index (χ0v) is 13.2. The molecule has 1 fully saturated rings. The van der Waals surface area contributed by atoms with Crippen molar-refractivity contribution in [1.82, 2.24) is 9.80 Å². The summed E-state index contributed by atoms with van der Waals surface area (Å²) in [6.45, 7) is 0.603. The van der Waals surface area contributed by atoms with E-state index in [4.69, 9.17) is 5.11 Å². The standard InChI is InChI=1S/C11H20N2O5S2/c1-12(4-6-20(2,17)18)11(16)13-3-5-19-8-9(13)7-10(14)15/h9H,3-8H2,1-2H3,(H,14,15). The third-order valence-electron chi connectivity index (χ3n) is 3.01. The maximum Gasteiger partial charge on any atom is 0.320 e. The molecule has 1 unspecified atom stereocenters. The molecule has 1 saturated heterocycles. The summed E-state index contributed by atoms with van der Waals surface area (Å²) in [6.07, 6.45) is 1.04. The largest absolute Gasteiger partial charge is 0.481 e. The molecule has 0 aromatic rings. The number of sulfone groups is 1. The van der Waals surface area contributed by atoms with Crippen molar-refractivity contribution in [3.8, 4) is 0 Å². The van der Waals surface area contributed by atoms with Gasteiger partial charge in [-0.2, -0.15) is 11.8 Å². The van der Waals surface area contributed by atoms with E-state index in [0.717, 1.165) is 12.0 Å². The van der Waals surface area contributed by atoms with Gasteiger partial charge < -0.3 is 14.9 Å². The SMILES string of the molecule is CN(CCS(C)(=O)=O)C(=O)N1CCSCC1CC(=O)O. The molecule has 0 aliphatic carbocycles. The fourth-order valence-electron chi connectivity index (χ4n) is 1.89. The predicted octanol–water partition coefficient (Wildman–Crippen LogP) is -0.0251. The van der Waals surface area contributed by atoms with Crippen LogP contribution in [-0.4, -0.2) is 85.0 Å². The Morgan fingerprint density at radius 3 is 2.65 bits per heavy atom. The average Bonchev–Trinajstić information content (AvgIpc) is 2.34. The van der Waals surface area contributed by atoms with Gasteiger partial charge in [0.15, 0.2) is 0 Å². The number of carboxylic acid groups (broad SMARTS) is 1. The van der Waals surface area contributed by atoms with Crippen molar-refractivity contribution in [3.63, 3.8) is 0 Å². The number of nitrogens with zero attached hydrogens (tertiary/aromatic N) is 2. The fraction of sp³-hybridized carbons (Fsp3) is 0.818. The number of carboxylic acids is 1. The smallest absolute Gasteiger partial charge is 0.320 e. The first-order chi connectivity index (χ1) is 9.20. The van der Waals surface area contributed by atoms with Crippen molar-refractivity contribution in [2.75, 3.05) is 43.7 Å². The molecule has 0 bridgehead atoms. The Morgan fingerprint density at radius 2 is 2.10 bits per heavy atom. The van der Waals surface area contributed by atoms with E-state index >= 15 is 0 Å². The second-order valence-corrected chi connectivity index (χ2v) is 8.26. The first kappa shape index (κ1) is 17.1. The average molecular weight is 324 g/mol. The number of carbonyl (C=O) groups is 2. The maximum absolute atomic E-state index is 12.3. The number of amides is 2. The van der Waals surface area contributed by atoms with E-state index < -0.39 is 15.8 Å². The molecule has 1 rings (SSSR count). The van der Waals surface area contributed by atoms with Crippen molar-refractivity contribution >= 4 is 33.6 Å². The van der Waals surface area contributed by atoms with Gasteiger partial charge in [-0.1, -0.05) is 0 Å². The van der Waals surface area contributed by atoms with E-state index in [9.17, 15) is 18.0 Å². The van der Waals surface area contributed by atoms with E-state index in [0.29, 0.717) is 12.3 Å². The van der Waals surface area contributed by atoms with Gasteiger partial charge >= 0.3 is 12.0 Å². The highest BCUT2D eigenvalue weighted by atomic mass is 32.2. The molecule has 0 saturated carbocycles. The second-order valence-electron chi connectivity index (χ2n) is 4.85. The molecule has 1 aliphatic heterocycles. The van der Waals surface area contributed by atoms with Gasteiger partial charge in [0.25, 0.3) is 0 Å². The Kier molecular flexibility index (Phi) is 6.12. The fourth-order valence-corrected chi connectivity index (χ4v) is 3.56. The van der Waals surface area contributed by atoms with Crippen LogP contribution in [0.3, 0.4) is 0 Å². The first-order valence-electron chi connectivity index (χ1n) is 6.19. The Labute approximate surface area is 123 Å². The van der Waals surface area contributed by atoms with Crippen molar-refractivity contribution in [1.29, 1.82) is 0 Å². The van der Waals surface area contributed by atoms with E-state index in [1.165, 1.54) is 16.8 Å². The van der Waals surface area contributed by atoms with Gasteiger partial charge in [0, 0.05) is 37.9 Å². The van der Waals surface area contributed by atoms with Gasteiger partial charge in [0.1, 0.15) is 9.84 Å². The molecule has 20 heavy (non-hydrogen) atoms. The molecule has 116 valence electrons. The van der Waals surface area contributed by atoms with Crippen LogP contribution in [0, 0.1) is 0 Å². The van der Waals surface area contributed by atoms with Crippen LogP contribution in [0.15, 0.2) is 0 Å². The molecule has 9 heteroatoms. The highest BCUT2D eigenvalue weighted by molar-refractivity contribution is 7.99. The lowest BCUT2D eigenvalue weighted by atomic mass is 10.2. The van der Waals surface area contributed by atoms with Crippen LogP contribution in [0.4, 0.5) is 4.79 Å². The highest BCUT2D eigenvalue weighted by Gasteiger charge is 2.30. The normalized spacial score (nSPS) is 19.7. The molecular weight excluding hydrogens is 304 g/mol. The summed E-state index contributed by atoms with van der Waals surface area (Å²) in [5.74, 6) is 0.329. The summed E-state index contributed by atoms with van der Waals surface area (Å²) in [6, 6.07) is -0.639. The van der Waals surface area contributed by atoms with Gasteiger partial charge in [-0.15, -0.1) is 0 Å². The molecule has 0 aromatic heterocycles. The lowest BCUT2D eigenvalue weighted by Gasteiger charge is -2.37. The zero-order chi connectivity index (χ0) is 15.3. The Morgan fingerprint density at radius 1 is 1.45 bits per heavy atom. The van der Waals surface area contributed by atoms with Crippen LogP contribution in [0.25, 0.3) is 0 Å². The minimum absolute atomic E-state index is 0.0847. The number of rotatable bonds is 5. The number of aliphatic carboxylic acids is 1. The molecule has 0 spiro atoms. The second kappa shape index (κ2) is 7.16. The van der Waals surface area contributed by atoms with Crippen LogP contribution >= 0.6 is 11.8 Å². The summed E-state index contributed by atoms with van der Waals surface area (Å²) in [7, 11) is -1.59. The van der Waals surface area contributed by atoms with Crippen LogP contribution in [0.5, 0.6) is 0 Å². The molecule has 2 amide bonds. The number of hydrogen-bond donors (Lipinski definition) is 1. The van der Waals surface area contributed by atoms with E-state index in [1.54, 1.807) is 11.8 Å². The molecule has 1 N–H and O–H groups in total. The summed E-state index contributed by atoms with van der Waals surface area (Å²) < 4.78 is 22.2. The summed E-state index contributed by atoms with van der Waals surface area (Å²) in [5.41, 5.74) is 0. The summed E-state index contributed by atoms with van der Waals surface area (Å²) >= 11 is 1.62. The number of carbonyl (C=O) groups excluding carboxylic acids is 1. The number of urea groups is 1. The van der Waals surface area contributed by atoms with Crippen molar-refractivity contribution < 1.29 is 23.1 Å². The number of thioether (sulfide) groups is 1. The van der Waals surface area contributed by atoms with Gasteiger partial charge in [-0.25, -0.2) is 13.2 Å².